The van der Waals surface area contributed by atoms with E-state index in [9.17, 15) is 10.1 Å². The first-order chi connectivity index (χ1) is 33.4. The fourth-order valence-corrected chi connectivity index (χ4v) is 11.3. The average molecular weight is 999 g/mol. The molecule has 1 unspecified atom stereocenters. The largest absolute Gasteiger partial charge is 0.497 e. The van der Waals surface area contributed by atoms with Gasteiger partial charge in [0.15, 0.2) is 20.4 Å². The maximum atomic E-state index is 14.5. The minimum absolute atomic E-state index is 0.0106. The van der Waals surface area contributed by atoms with Crippen molar-refractivity contribution in [3.05, 3.63) is 118 Å². The maximum Gasteiger partial charge on any atom is 0.351 e. The molecule has 0 saturated carbocycles. The highest BCUT2D eigenvalue weighted by atomic mass is 31.2. The first-order valence-electron chi connectivity index (χ1n) is 24.9. The van der Waals surface area contributed by atoms with Crippen LogP contribution in [0.3, 0.4) is 0 Å². The zero-order valence-corrected chi connectivity index (χ0v) is 45.9. The van der Waals surface area contributed by atoms with Gasteiger partial charge in [0.1, 0.15) is 35.4 Å². The lowest BCUT2D eigenvalue weighted by Gasteiger charge is -2.42. The predicted molar refractivity (Wildman–Crippen MR) is 282 cm³/mol. The molecule has 382 valence electrons. The summed E-state index contributed by atoms with van der Waals surface area (Å²) in [7, 11) is -1.19. The molecular formula is C54H79N6O8PSi. The van der Waals surface area contributed by atoms with E-state index in [-0.39, 0.29) is 36.8 Å². The van der Waals surface area contributed by atoms with Crippen molar-refractivity contribution in [2.45, 2.75) is 155 Å². The molecule has 5 rings (SSSR count). The van der Waals surface area contributed by atoms with Crippen LogP contribution in [0.5, 0.6) is 11.5 Å². The molecule has 0 radical (unpaired) electrons. The van der Waals surface area contributed by atoms with Gasteiger partial charge >= 0.3 is 5.69 Å². The summed E-state index contributed by atoms with van der Waals surface area (Å²) in [5, 5.41) is 9.40. The molecule has 70 heavy (non-hydrogen) atoms. The van der Waals surface area contributed by atoms with Crippen LogP contribution in [0, 0.1) is 11.3 Å². The lowest BCUT2D eigenvalue weighted by molar-refractivity contribution is -0.0943. The Labute approximate surface area is 420 Å². The number of unbranched alkanes of at least 4 members (excludes halogenated alkanes) is 2. The van der Waals surface area contributed by atoms with Crippen LogP contribution in [0.1, 0.15) is 117 Å². The van der Waals surface area contributed by atoms with Gasteiger partial charge in [0.25, 0.3) is 8.53 Å². The van der Waals surface area contributed by atoms with Crippen molar-refractivity contribution in [2.75, 3.05) is 40.5 Å². The molecule has 1 saturated heterocycles. The third-order valence-corrected chi connectivity index (χ3v) is 19.7. The van der Waals surface area contributed by atoms with Crippen molar-refractivity contribution in [3.63, 3.8) is 0 Å². The molecule has 1 fully saturated rings. The van der Waals surface area contributed by atoms with Gasteiger partial charge in [0.2, 0.25) is 0 Å². The Morgan fingerprint density at radius 3 is 1.90 bits per heavy atom. The zero-order chi connectivity index (χ0) is 51.1. The highest BCUT2D eigenvalue weighted by molar-refractivity contribution is 7.44. The predicted octanol–water partition coefficient (Wildman–Crippen LogP) is 11.8. The maximum absolute atomic E-state index is 14.5. The molecule has 14 nitrogen and oxygen atoms in total. The molecular weight excluding hydrogens is 920 g/mol. The Balaban J connectivity index is 1.72. The van der Waals surface area contributed by atoms with E-state index in [2.05, 4.69) is 113 Å². The normalized spacial score (nSPS) is 18.2. The fourth-order valence-electron chi connectivity index (χ4n) is 8.28. The van der Waals surface area contributed by atoms with Gasteiger partial charge in [0, 0.05) is 31.4 Å². The van der Waals surface area contributed by atoms with Crippen molar-refractivity contribution >= 4 is 29.0 Å². The van der Waals surface area contributed by atoms with Crippen LogP contribution < -0.4 is 15.2 Å². The molecule has 2 heterocycles. The highest BCUT2D eigenvalue weighted by Gasteiger charge is 2.54. The average Bonchev–Trinajstić information content (AvgIpc) is 3.66. The van der Waals surface area contributed by atoms with E-state index in [0.29, 0.717) is 17.3 Å². The van der Waals surface area contributed by atoms with E-state index in [1.807, 2.05) is 66.7 Å². The number of nitriles is 1. The number of ether oxygens (including phenoxy) is 4. The smallest absolute Gasteiger partial charge is 0.351 e. The molecule has 0 N–H and O–H groups in total. The summed E-state index contributed by atoms with van der Waals surface area (Å²) in [5.74, 6) is 1.71. The number of nitrogens with zero attached hydrogens (tertiary/aromatic N) is 6. The Hall–Kier alpha value is -4.49. The van der Waals surface area contributed by atoms with Crippen LogP contribution >= 0.6 is 8.53 Å². The summed E-state index contributed by atoms with van der Waals surface area (Å²) in [6.07, 6.45) is 4.39. The monoisotopic (exact) mass is 999 g/mol. The van der Waals surface area contributed by atoms with E-state index < -0.39 is 52.7 Å². The second-order valence-corrected chi connectivity index (χ2v) is 26.0. The molecule has 3 aromatic carbocycles. The van der Waals surface area contributed by atoms with E-state index in [4.69, 9.17) is 32.4 Å². The third-order valence-electron chi connectivity index (χ3n) is 13.1. The van der Waals surface area contributed by atoms with Gasteiger partial charge in [0.05, 0.1) is 46.3 Å². The van der Waals surface area contributed by atoms with E-state index >= 15 is 0 Å². The van der Waals surface area contributed by atoms with Crippen LogP contribution in [0.4, 0.5) is 5.82 Å². The summed E-state index contributed by atoms with van der Waals surface area (Å²) in [6.45, 7) is 25.5. The standard InChI is InChI=1S/C54H79N6O8PSi/c1-14-16-34-58(35-17-15-2)39-56-48-32-36-59(52(61)57-48)51-50(68-70(12,13)53(7,8)9)49(67-69(65-37-21-33-55)60(40(3)4)41(5)6)47(66-51)38-64-54(42-22-19-18-20-23-42,43-24-28-45(62-10)29-25-43)44-26-30-46(63-11)31-27-44/h18-20,22-32,36,39-41,47,49-51H,14-17,21,34-35,37-38H2,1-13H3/t47-,49-,50-,51-,69?/m0/s1. The molecule has 5 atom stereocenters. The van der Waals surface area contributed by atoms with Gasteiger partial charge in [-0.2, -0.15) is 10.2 Å². The van der Waals surface area contributed by atoms with Crippen LogP contribution in [0.25, 0.3) is 0 Å². The van der Waals surface area contributed by atoms with Crippen LogP contribution in [0.2, 0.25) is 18.1 Å². The Morgan fingerprint density at radius 1 is 0.857 bits per heavy atom. The van der Waals surface area contributed by atoms with Gasteiger partial charge in [-0.05, 0) is 106 Å². The molecule has 0 bridgehead atoms. The fraction of sp³-hybridized carbons (Fsp3) is 0.556. The Morgan fingerprint density at radius 2 is 1.41 bits per heavy atom. The first kappa shape index (κ1) is 56.4. The number of rotatable bonds is 27. The molecule has 16 heteroatoms. The number of hydrogen-bond acceptors (Lipinski definition) is 12. The molecule has 1 aromatic heterocycles. The molecule has 0 aliphatic carbocycles. The minimum Gasteiger partial charge on any atom is -0.497 e. The summed E-state index contributed by atoms with van der Waals surface area (Å²) < 4.78 is 51.1. The molecule has 4 aromatic rings. The molecule has 0 spiro atoms. The van der Waals surface area contributed by atoms with Crippen molar-refractivity contribution in [1.82, 2.24) is 19.1 Å². The topological polar surface area (TPSA) is 142 Å². The second kappa shape index (κ2) is 26.3. The van der Waals surface area contributed by atoms with Crippen molar-refractivity contribution in [2.24, 2.45) is 4.99 Å². The zero-order valence-electron chi connectivity index (χ0n) is 44.0. The van der Waals surface area contributed by atoms with Gasteiger partial charge in [-0.25, -0.2) is 14.5 Å². The lowest BCUT2D eigenvalue weighted by Crippen LogP contribution is -2.50. The number of methoxy groups -OCH3 is 2. The van der Waals surface area contributed by atoms with Crippen LogP contribution in [0.15, 0.2) is 101 Å². The van der Waals surface area contributed by atoms with E-state index in [0.717, 1.165) is 55.5 Å². The summed E-state index contributed by atoms with van der Waals surface area (Å²) in [6, 6.07) is 29.8. The van der Waals surface area contributed by atoms with E-state index in [1.165, 1.54) is 4.57 Å². The SMILES string of the molecule is CCCCN(C=Nc1ccn([C@H]2O[C@@H](COC(c3ccccc3)(c3ccc(OC)cc3)c3ccc(OC)cc3)[C@H](OP(OCCC#N)N(C(C)C)C(C)C)[C@@H]2O[Si](C)(C)C(C)(C)C)c(=O)n1)CCCC. The minimum atomic E-state index is -2.66. The van der Waals surface area contributed by atoms with Gasteiger partial charge in [-0.1, -0.05) is 102 Å². The van der Waals surface area contributed by atoms with Crippen LogP contribution in [-0.4, -0.2) is 105 Å². The summed E-state index contributed by atoms with van der Waals surface area (Å²) in [4.78, 5) is 25.9. The molecule has 1 aliphatic rings. The summed E-state index contributed by atoms with van der Waals surface area (Å²) in [5.41, 5.74) is 0.832. The third kappa shape index (κ3) is 14.1. The van der Waals surface area contributed by atoms with Gasteiger partial charge < -0.3 is 37.3 Å². The number of aromatic nitrogens is 2. The number of hydrogen-bond donors (Lipinski definition) is 0. The number of aliphatic imine (C=N–C) groups is 1. The second-order valence-electron chi connectivity index (χ2n) is 19.8. The molecule has 1 aliphatic heterocycles. The first-order valence-corrected chi connectivity index (χ1v) is 28.9. The van der Waals surface area contributed by atoms with Crippen LogP contribution in [-0.2, 0) is 28.5 Å². The van der Waals surface area contributed by atoms with Gasteiger partial charge in [-0.15, -0.1) is 0 Å². The highest BCUT2D eigenvalue weighted by Crippen LogP contribution is 2.52. The van der Waals surface area contributed by atoms with Gasteiger partial charge in [-0.3, -0.25) is 4.57 Å². The Kier molecular flexibility index (Phi) is 21.2. The summed E-state index contributed by atoms with van der Waals surface area (Å²) >= 11 is 0. The van der Waals surface area contributed by atoms with Crippen molar-refractivity contribution in [3.8, 4) is 17.6 Å². The quantitative estimate of drug-likeness (QED) is 0.0140. The lowest BCUT2D eigenvalue weighted by atomic mass is 9.80. The van der Waals surface area contributed by atoms with Crippen molar-refractivity contribution in [1.29, 1.82) is 5.26 Å². The number of benzene rings is 3. The van der Waals surface area contributed by atoms with Crippen molar-refractivity contribution < 1.29 is 32.4 Å². The van der Waals surface area contributed by atoms with E-state index in [1.54, 1.807) is 32.8 Å². The Bertz CT molecular complexity index is 2260. The molecule has 0 amide bonds.